The molecule has 0 saturated heterocycles. The topological polar surface area (TPSA) is 55.4 Å². The minimum atomic E-state index is -1.65. The van der Waals surface area contributed by atoms with Crippen LogP contribution in [0, 0.1) is 17.5 Å². The lowest BCUT2D eigenvalue weighted by molar-refractivity contribution is -0.139. The smallest absolute Gasteiger partial charge is 0.315 e. The van der Waals surface area contributed by atoms with Crippen LogP contribution in [-0.4, -0.2) is 29.5 Å². The van der Waals surface area contributed by atoms with Gasteiger partial charge in [0, 0.05) is 0 Å². The molecule has 0 heterocycles. The van der Waals surface area contributed by atoms with Gasteiger partial charge in [-0.25, -0.2) is 13.2 Å². The van der Waals surface area contributed by atoms with Crippen LogP contribution in [0.5, 0.6) is 0 Å². The molecule has 0 bridgehead atoms. The molecule has 8 heteroatoms. The molecular weight excluding hydrogens is 307 g/mol. The predicted molar refractivity (Wildman–Crippen MR) is 73.5 cm³/mol. The minimum Gasteiger partial charge on any atom is -0.465 e. The Kier molecular flexibility index (Phi) is 6.54. The van der Waals surface area contributed by atoms with E-state index in [1.807, 2.05) is 0 Å². The standard InChI is InChI=1S/C13H14F3NO3S/c1-3-20-10(18)6-21-7(2)13(19)17-9-5-4-8(14)11(15)12(9)16/h4-5,7H,3,6H2,1-2H3,(H,17,19)/t7-/m1/s1. The molecule has 1 aromatic rings. The van der Waals surface area contributed by atoms with E-state index in [0.717, 1.165) is 17.8 Å². The summed E-state index contributed by atoms with van der Waals surface area (Å²) >= 11 is 0.988. The maximum absolute atomic E-state index is 13.4. The Morgan fingerprint density at radius 3 is 2.57 bits per heavy atom. The second-order valence-electron chi connectivity index (χ2n) is 3.97. The largest absolute Gasteiger partial charge is 0.465 e. The maximum Gasteiger partial charge on any atom is 0.315 e. The molecule has 1 aromatic carbocycles. The van der Waals surface area contributed by atoms with Gasteiger partial charge in [-0.2, -0.15) is 0 Å². The summed E-state index contributed by atoms with van der Waals surface area (Å²) in [5.41, 5.74) is -0.456. The molecule has 0 aromatic heterocycles. The van der Waals surface area contributed by atoms with Crippen LogP contribution in [0.15, 0.2) is 12.1 Å². The summed E-state index contributed by atoms with van der Waals surface area (Å²) in [6, 6.07) is 1.64. The molecule has 1 amide bonds. The number of amides is 1. The van der Waals surface area contributed by atoms with Gasteiger partial charge < -0.3 is 10.1 Å². The van der Waals surface area contributed by atoms with Crippen molar-refractivity contribution >= 4 is 29.3 Å². The molecule has 0 aliphatic heterocycles. The quantitative estimate of drug-likeness (QED) is 0.646. The number of esters is 1. The number of benzene rings is 1. The first-order valence-electron chi connectivity index (χ1n) is 6.08. The molecule has 0 fully saturated rings. The molecule has 0 spiro atoms. The molecule has 1 N–H and O–H groups in total. The van der Waals surface area contributed by atoms with Crippen LogP contribution >= 0.6 is 11.8 Å². The van der Waals surface area contributed by atoms with Crippen molar-refractivity contribution in [2.24, 2.45) is 0 Å². The first kappa shape index (κ1) is 17.4. The van der Waals surface area contributed by atoms with Crippen LogP contribution in [0.1, 0.15) is 13.8 Å². The Bertz CT molecular complexity index is 540. The third-order valence-electron chi connectivity index (χ3n) is 2.42. The van der Waals surface area contributed by atoms with Crippen LogP contribution in [0.3, 0.4) is 0 Å². The van der Waals surface area contributed by atoms with Crippen molar-refractivity contribution in [2.45, 2.75) is 19.1 Å². The number of rotatable bonds is 6. The Hall–Kier alpha value is -1.70. The number of thioether (sulfide) groups is 1. The molecule has 0 aliphatic rings. The number of anilines is 1. The van der Waals surface area contributed by atoms with Crippen LogP contribution in [0.25, 0.3) is 0 Å². The van der Waals surface area contributed by atoms with Crippen molar-refractivity contribution in [3.8, 4) is 0 Å². The van der Waals surface area contributed by atoms with Crippen molar-refractivity contribution in [3.05, 3.63) is 29.6 Å². The van der Waals surface area contributed by atoms with Crippen molar-refractivity contribution in [1.29, 1.82) is 0 Å². The van der Waals surface area contributed by atoms with E-state index in [0.29, 0.717) is 6.07 Å². The third kappa shape index (κ3) is 4.96. The fourth-order valence-electron chi connectivity index (χ4n) is 1.33. The van der Waals surface area contributed by atoms with Crippen molar-refractivity contribution < 1.29 is 27.5 Å². The highest BCUT2D eigenvalue weighted by atomic mass is 32.2. The fraction of sp³-hybridized carbons (Fsp3) is 0.385. The average molecular weight is 321 g/mol. The number of hydrogen-bond acceptors (Lipinski definition) is 4. The predicted octanol–water partition coefficient (Wildman–Crippen LogP) is 2.73. The Morgan fingerprint density at radius 1 is 1.29 bits per heavy atom. The van der Waals surface area contributed by atoms with Crippen LogP contribution < -0.4 is 5.32 Å². The van der Waals surface area contributed by atoms with Gasteiger partial charge in [0.15, 0.2) is 17.5 Å². The second-order valence-corrected chi connectivity index (χ2v) is 5.30. The van der Waals surface area contributed by atoms with Crippen molar-refractivity contribution in [3.63, 3.8) is 0 Å². The first-order valence-corrected chi connectivity index (χ1v) is 7.13. The molecule has 116 valence electrons. The van der Waals surface area contributed by atoms with E-state index in [2.05, 4.69) is 5.32 Å². The second kappa shape index (κ2) is 7.92. The van der Waals surface area contributed by atoms with E-state index < -0.39 is 40.3 Å². The highest BCUT2D eigenvalue weighted by Gasteiger charge is 2.19. The molecular formula is C13H14F3NO3S. The first-order chi connectivity index (χ1) is 9.86. The van der Waals surface area contributed by atoms with Crippen LogP contribution in [0.2, 0.25) is 0 Å². The fourth-order valence-corrected chi connectivity index (χ4v) is 2.01. The number of nitrogens with one attached hydrogen (secondary N) is 1. The number of ether oxygens (including phenoxy) is 1. The van der Waals surface area contributed by atoms with E-state index in [9.17, 15) is 22.8 Å². The van der Waals surface area contributed by atoms with E-state index in [1.165, 1.54) is 6.92 Å². The van der Waals surface area contributed by atoms with Gasteiger partial charge in [-0.3, -0.25) is 9.59 Å². The molecule has 0 radical (unpaired) electrons. The van der Waals surface area contributed by atoms with E-state index in [-0.39, 0.29) is 12.4 Å². The van der Waals surface area contributed by atoms with Crippen molar-refractivity contribution in [1.82, 2.24) is 0 Å². The zero-order valence-electron chi connectivity index (χ0n) is 11.4. The minimum absolute atomic E-state index is 0.0390. The van der Waals surface area contributed by atoms with Crippen LogP contribution in [-0.2, 0) is 14.3 Å². The highest BCUT2D eigenvalue weighted by Crippen LogP contribution is 2.21. The number of carbonyl (C=O) groups excluding carboxylic acids is 2. The molecule has 1 rings (SSSR count). The number of halogens is 3. The van der Waals surface area contributed by atoms with E-state index >= 15 is 0 Å². The lowest BCUT2D eigenvalue weighted by Gasteiger charge is -2.12. The molecule has 21 heavy (non-hydrogen) atoms. The van der Waals surface area contributed by atoms with Gasteiger partial charge in [-0.05, 0) is 26.0 Å². The van der Waals surface area contributed by atoms with Gasteiger partial charge in [0.2, 0.25) is 5.91 Å². The lowest BCUT2D eigenvalue weighted by Crippen LogP contribution is -2.24. The van der Waals surface area contributed by atoms with Gasteiger partial charge in [0.25, 0.3) is 0 Å². The molecule has 0 saturated carbocycles. The average Bonchev–Trinajstić information content (AvgIpc) is 2.45. The molecule has 0 unspecified atom stereocenters. The Labute approximate surface area is 124 Å². The molecule has 0 aliphatic carbocycles. The Morgan fingerprint density at radius 2 is 1.95 bits per heavy atom. The zero-order valence-corrected chi connectivity index (χ0v) is 12.2. The van der Waals surface area contributed by atoms with Gasteiger partial charge in [0.1, 0.15) is 0 Å². The van der Waals surface area contributed by atoms with Crippen molar-refractivity contribution in [2.75, 3.05) is 17.7 Å². The summed E-state index contributed by atoms with van der Waals surface area (Å²) < 4.78 is 43.9. The summed E-state index contributed by atoms with van der Waals surface area (Å²) in [7, 11) is 0. The maximum atomic E-state index is 13.4. The number of hydrogen-bond donors (Lipinski definition) is 1. The molecule has 1 atom stereocenters. The van der Waals surface area contributed by atoms with Gasteiger partial charge in [-0.15, -0.1) is 11.8 Å². The van der Waals surface area contributed by atoms with Crippen LogP contribution in [0.4, 0.5) is 18.9 Å². The van der Waals surface area contributed by atoms with Gasteiger partial charge in [0.05, 0.1) is 23.3 Å². The van der Waals surface area contributed by atoms with Gasteiger partial charge >= 0.3 is 5.97 Å². The zero-order chi connectivity index (χ0) is 16.0. The third-order valence-corrected chi connectivity index (χ3v) is 3.54. The molecule has 4 nitrogen and oxygen atoms in total. The van der Waals surface area contributed by atoms with Gasteiger partial charge in [-0.1, -0.05) is 0 Å². The summed E-state index contributed by atoms with van der Waals surface area (Å²) in [6.07, 6.45) is 0. The number of carbonyl (C=O) groups is 2. The highest BCUT2D eigenvalue weighted by molar-refractivity contribution is 8.01. The normalized spacial score (nSPS) is 11.9. The van der Waals surface area contributed by atoms with E-state index in [4.69, 9.17) is 4.74 Å². The summed E-state index contributed by atoms with van der Waals surface area (Å²) in [5.74, 6) is -5.60. The Balaban J connectivity index is 2.60. The van der Waals surface area contributed by atoms with E-state index in [1.54, 1.807) is 6.92 Å². The SMILES string of the molecule is CCOC(=O)CS[C@H](C)C(=O)Nc1ccc(F)c(F)c1F. The lowest BCUT2D eigenvalue weighted by atomic mass is 10.2. The summed E-state index contributed by atoms with van der Waals surface area (Å²) in [4.78, 5) is 22.9. The summed E-state index contributed by atoms with van der Waals surface area (Å²) in [5, 5.41) is 1.45. The monoisotopic (exact) mass is 321 g/mol. The summed E-state index contributed by atoms with van der Waals surface area (Å²) in [6.45, 7) is 3.39.